The molecule has 0 aliphatic rings. The van der Waals surface area contributed by atoms with E-state index in [0.29, 0.717) is 18.0 Å². The molecule has 0 saturated carbocycles. The Morgan fingerprint density at radius 3 is 1.93 bits per heavy atom. The van der Waals surface area contributed by atoms with Crippen LogP contribution in [0.4, 0.5) is 0 Å². The van der Waals surface area contributed by atoms with Gasteiger partial charge in [-0.15, -0.1) is 0 Å². The molecule has 0 aliphatic carbocycles. The van der Waals surface area contributed by atoms with E-state index in [1.54, 1.807) is 0 Å². The lowest BCUT2D eigenvalue weighted by Gasteiger charge is -2.31. The molecule has 0 saturated heterocycles. The summed E-state index contributed by atoms with van der Waals surface area (Å²) in [6, 6.07) is 1.04. The highest BCUT2D eigenvalue weighted by molar-refractivity contribution is 4.73. The van der Waals surface area contributed by atoms with Crippen LogP contribution in [0.3, 0.4) is 0 Å². The van der Waals surface area contributed by atoms with Gasteiger partial charge in [0, 0.05) is 12.1 Å². The summed E-state index contributed by atoms with van der Waals surface area (Å²) in [4.78, 5) is 2.47. The summed E-state index contributed by atoms with van der Waals surface area (Å²) in [7, 11) is 2.22. The molecule has 0 amide bonds. The number of nitrogens with two attached hydrogens (primary N) is 1. The van der Waals surface area contributed by atoms with Gasteiger partial charge in [0.15, 0.2) is 0 Å². The van der Waals surface area contributed by atoms with Crippen molar-refractivity contribution in [2.75, 3.05) is 13.6 Å². The Morgan fingerprint density at radius 1 is 1.07 bits per heavy atom. The quantitative estimate of drug-likeness (QED) is 0.706. The molecule has 2 heteroatoms. The Bertz CT molecular complexity index is 155. The van der Waals surface area contributed by atoms with E-state index in [1.807, 2.05) is 0 Å². The van der Waals surface area contributed by atoms with Crippen LogP contribution >= 0.6 is 0 Å². The Hall–Kier alpha value is -0.0800. The van der Waals surface area contributed by atoms with Crippen LogP contribution in [-0.2, 0) is 0 Å². The fourth-order valence-corrected chi connectivity index (χ4v) is 2.14. The van der Waals surface area contributed by atoms with Crippen LogP contribution in [0, 0.1) is 11.8 Å². The van der Waals surface area contributed by atoms with E-state index in [1.165, 1.54) is 6.42 Å². The third kappa shape index (κ3) is 5.53. The lowest BCUT2D eigenvalue weighted by atomic mass is 9.98. The smallest absolute Gasteiger partial charge is 0.0113 e. The van der Waals surface area contributed by atoms with E-state index in [2.05, 4.69) is 46.6 Å². The Labute approximate surface area is 96.2 Å². The van der Waals surface area contributed by atoms with E-state index in [-0.39, 0.29) is 0 Å². The fraction of sp³-hybridized carbons (Fsp3) is 1.00. The van der Waals surface area contributed by atoms with Gasteiger partial charge < -0.3 is 10.6 Å². The van der Waals surface area contributed by atoms with Crippen LogP contribution in [-0.4, -0.2) is 30.6 Å². The molecule has 0 aromatic heterocycles. The van der Waals surface area contributed by atoms with Gasteiger partial charge in [0.25, 0.3) is 0 Å². The standard InChI is InChI=1S/C13H30N2/c1-7-13(11(4)5)15(6)9-8-12(14)10(2)3/h10-13H,7-9,14H2,1-6H3. The topological polar surface area (TPSA) is 29.3 Å². The second kappa shape index (κ2) is 7.24. The Kier molecular flexibility index (Phi) is 7.20. The molecular weight excluding hydrogens is 184 g/mol. The maximum Gasteiger partial charge on any atom is 0.0113 e. The first-order chi connectivity index (χ1) is 6.90. The molecule has 0 heterocycles. The van der Waals surface area contributed by atoms with Crippen molar-refractivity contribution in [2.24, 2.45) is 17.6 Å². The van der Waals surface area contributed by atoms with Crippen LogP contribution in [0.2, 0.25) is 0 Å². The van der Waals surface area contributed by atoms with Gasteiger partial charge in [-0.05, 0) is 38.3 Å². The number of rotatable bonds is 7. The van der Waals surface area contributed by atoms with Crippen molar-refractivity contribution in [1.29, 1.82) is 0 Å². The summed E-state index contributed by atoms with van der Waals surface area (Å²) in [5.74, 6) is 1.33. The van der Waals surface area contributed by atoms with Crippen molar-refractivity contribution in [3.05, 3.63) is 0 Å². The summed E-state index contributed by atoms with van der Waals surface area (Å²) in [6.07, 6.45) is 2.34. The molecule has 2 N–H and O–H groups in total. The minimum absolute atomic E-state index is 0.345. The van der Waals surface area contributed by atoms with Crippen molar-refractivity contribution in [1.82, 2.24) is 4.90 Å². The summed E-state index contributed by atoms with van der Waals surface area (Å²) in [6.45, 7) is 12.4. The van der Waals surface area contributed by atoms with E-state index in [9.17, 15) is 0 Å². The molecular formula is C13H30N2. The zero-order chi connectivity index (χ0) is 12.0. The van der Waals surface area contributed by atoms with Gasteiger partial charge in [-0.3, -0.25) is 0 Å². The molecule has 2 unspecified atom stereocenters. The molecule has 15 heavy (non-hydrogen) atoms. The molecule has 0 aromatic carbocycles. The molecule has 0 radical (unpaired) electrons. The lowest BCUT2D eigenvalue weighted by molar-refractivity contribution is 0.177. The third-order valence-electron chi connectivity index (χ3n) is 3.43. The molecule has 2 nitrogen and oxygen atoms in total. The van der Waals surface area contributed by atoms with Crippen LogP contribution < -0.4 is 5.73 Å². The highest BCUT2D eigenvalue weighted by Gasteiger charge is 2.17. The van der Waals surface area contributed by atoms with Gasteiger partial charge in [0.05, 0.1) is 0 Å². The average molecular weight is 214 g/mol. The van der Waals surface area contributed by atoms with E-state index >= 15 is 0 Å². The minimum Gasteiger partial charge on any atom is -0.327 e. The van der Waals surface area contributed by atoms with Gasteiger partial charge in [0.1, 0.15) is 0 Å². The largest absolute Gasteiger partial charge is 0.327 e. The number of hydrogen-bond acceptors (Lipinski definition) is 2. The zero-order valence-corrected chi connectivity index (χ0v) is 11.5. The number of hydrogen-bond donors (Lipinski definition) is 1. The van der Waals surface area contributed by atoms with Crippen LogP contribution in [0.5, 0.6) is 0 Å². The van der Waals surface area contributed by atoms with Crippen LogP contribution in [0.15, 0.2) is 0 Å². The summed E-state index contributed by atoms with van der Waals surface area (Å²) >= 11 is 0. The fourth-order valence-electron chi connectivity index (χ4n) is 2.14. The first-order valence-electron chi connectivity index (χ1n) is 6.35. The minimum atomic E-state index is 0.345. The summed E-state index contributed by atoms with van der Waals surface area (Å²) < 4.78 is 0. The molecule has 0 fully saturated rings. The van der Waals surface area contributed by atoms with Gasteiger partial charge in [-0.2, -0.15) is 0 Å². The summed E-state index contributed by atoms with van der Waals surface area (Å²) in [5, 5.41) is 0. The maximum absolute atomic E-state index is 6.06. The Morgan fingerprint density at radius 2 is 1.60 bits per heavy atom. The molecule has 0 bridgehead atoms. The van der Waals surface area contributed by atoms with E-state index < -0.39 is 0 Å². The SMILES string of the molecule is CCC(C(C)C)N(C)CCC(N)C(C)C. The van der Waals surface area contributed by atoms with Crippen molar-refractivity contribution < 1.29 is 0 Å². The Balaban J connectivity index is 3.95. The molecule has 92 valence electrons. The first-order valence-corrected chi connectivity index (χ1v) is 6.35. The third-order valence-corrected chi connectivity index (χ3v) is 3.43. The molecule has 0 aliphatic heterocycles. The maximum atomic E-state index is 6.06. The van der Waals surface area contributed by atoms with Gasteiger partial charge >= 0.3 is 0 Å². The lowest BCUT2D eigenvalue weighted by Crippen LogP contribution is -2.39. The second-order valence-electron chi connectivity index (χ2n) is 5.40. The normalized spacial score (nSPS) is 16.4. The van der Waals surface area contributed by atoms with E-state index in [0.717, 1.165) is 18.9 Å². The average Bonchev–Trinajstić information content (AvgIpc) is 2.14. The van der Waals surface area contributed by atoms with Crippen LogP contribution in [0.1, 0.15) is 47.5 Å². The van der Waals surface area contributed by atoms with Crippen molar-refractivity contribution in [3.63, 3.8) is 0 Å². The van der Waals surface area contributed by atoms with Crippen molar-refractivity contribution >= 4 is 0 Å². The number of nitrogens with zero attached hydrogens (tertiary/aromatic N) is 1. The van der Waals surface area contributed by atoms with Gasteiger partial charge in [-0.25, -0.2) is 0 Å². The monoisotopic (exact) mass is 214 g/mol. The van der Waals surface area contributed by atoms with Crippen molar-refractivity contribution in [2.45, 2.75) is 59.5 Å². The predicted octanol–water partition coefficient (Wildman–Crippen LogP) is 2.73. The zero-order valence-electron chi connectivity index (χ0n) is 11.5. The van der Waals surface area contributed by atoms with E-state index in [4.69, 9.17) is 5.73 Å². The molecule has 0 spiro atoms. The predicted molar refractivity (Wildman–Crippen MR) is 69.0 cm³/mol. The molecule has 0 aromatic rings. The highest BCUT2D eigenvalue weighted by Crippen LogP contribution is 2.14. The van der Waals surface area contributed by atoms with Crippen LogP contribution in [0.25, 0.3) is 0 Å². The molecule has 2 atom stereocenters. The van der Waals surface area contributed by atoms with Gasteiger partial charge in [0.2, 0.25) is 0 Å². The van der Waals surface area contributed by atoms with Crippen molar-refractivity contribution in [3.8, 4) is 0 Å². The van der Waals surface area contributed by atoms with Gasteiger partial charge in [-0.1, -0.05) is 34.6 Å². The highest BCUT2D eigenvalue weighted by atomic mass is 15.1. The second-order valence-corrected chi connectivity index (χ2v) is 5.40. The first kappa shape index (κ1) is 14.9. The molecule has 0 rings (SSSR count). The summed E-state index contributed by atoms with van der Waals surface area (Å²) in [5.41, 5.74) is 6.06.